The number of ether oxygens (including phenoxy) is 2. The maximum atomic E-state index is 6.51. The predicted molar refractivity (Wildman–Crippen MR) is 101 cm³/mol. The molecule has 1 aliphatic rings. The fraction of sp³-hybridized carbons (Fsp3) is 0.727. The molecule has 1 saturated heterocycles. The van der Waals surface area contributed by atoms with E-state index in [1.807, 2.05) is 0 Å². The van der Waals surface area contributed by atoms with Gasteiger partial charge in [0.25, 0.3) is 0 Å². The first-order valence-corrected chi connectivity index (χ1v) is 9.37. The summed E-state index contributed by atoms with van der Waals surface area (Å²) in [6, 6.07) is 8.81. The second-order valence-corrected chi connectivity index (χ2v) is 9.63. The highest BCUT2D eigenvalue weighted by Gasteiger charge is 2.35. The molecule has 1 unspecified atom stereocenters. The van der Waals surface area contributed by atoms with Gasteiger partial charge in [-0.2, -0.15) is 0 Å². The van der Waals surface area contributed by atoms with Crippen LogP contribution in [-0.2, 0) is 20.5 Å². The van der Waals surface area contributed by atoms with Crippen LogP contribution in [0.15, 0.2) is 24.3 Å². The molecule has 1 fully saturated rings. The van der Waals surface area contributed by atoms with E-state index in [1.165, 1.54) is 11.1 Å². The van der Waals surface area contributed by atoms with Crippen LogP contribution in [0, 0.1) is 5.41 Å². The Morgan fingerprint density at radius 2 is 1.62 bits per heavy atom. The first-order chi connectivity index (χ1) is 11.0. The molecule has 1 aliphatic heterocycles. The van der Waals surface area contributed by atoms with Crippen LogP contribution in [0.5, 0.6) is 0 Å². The Morgan fingerprint density at radius 3 is 2.17 bits per heavy atom. The van der Waals surface area contributed by atoms with E-state index in [-0.39, 0.29) is 17.1 Å². The highest BCUT2D eigenvalue weighted by Crippen LogP contribution is 2.41. The van der Waals surface area contributed by atoms with Gasteiger partial charge in [-0.3, -0.25) is 0 Å². The van der Waals surface area contributed by atoms with E-state index in [1.54, 1.807) is 0 Å². The van der Waals surface area contributed by atoms with Crippen LogP contribution in [0.1, 0.15) is 78.9 Å². The van der Waals surface area contributed by atoms with Crippen LogP contribution in [0.25, 0.3) is 0 Å². The molecule has 1 heterocycles. The number of rotatable bonds is 5. The summed E-state index contributed by atoms with van der Waals surface area (Å²) in [6.45, 7) is 17.7. The lowest BCUT2D eigenvalue weighted by Crippen LogP contribution is -2.36. The lowest BCUT2D eigenvalue weighted by molar-refractivity contribution is -0.126. The van der Waals surface area contributed by atoms with Gasteiger partial charge in [0.1, 0.15) is 0 Å². The average molecular weight is 333 g/mol. The lowest BCUT2D eigenvalue weighted by Gasteiger charge is -2.39. The van der Waals surface area contributed by atoms with Crippen molar-refractivity contribution in [2.24, 2.45) is 5.41 Å². The van der Waals surface area contributed by atoms with Crippen molar-refractivity contribution in [1.82, 2.24) is 0 Å². The van der Waals surface area contributed by atoms with E-state index in [9.17, 15) is 0 Å². The average Bonchev–Trinajstić information content (AvgIpc) is 2.45. The Morgan fingerprint density at radius 1 is 1.00 bits per heavy atom. The summed E-state index contributed by atoms with van der Waals surface area (Å²) in [5.74, 6) is 0. The zero-order chi connectivity index (χ0) is 18.0. The van der Waals surface area contributed by atoms with Gasteiger partial charge in [0.05, 0.1) is 18.3 Å². The van der Waals surface area contributed by atoms with Crippen molar-refractivity contribution in [1.29, 1.82) is 0 Å². The highest BCUT2D eigenvalue weighted by molar-refractivity contribution is 5.37. The van der Waals surface area contributed by atoms with Crippen molar-refractivity contribution < 1.29 is 9.47 Å². The molecule has 136 valence electrons. The van der Waals surface area contributed by atoms with Gasteiger partial charge in [0.2, 0.25) is 0 Å². The Hall–Kier alpha value is -0.860. The number of hydrogen-bond acceptors (Lipinski definition) is 2. The lowest BCUT2D eigenvalue weighted by atomic mass is 9.69. The first-order valence-electron chi connectivity index (χ1n) is 9.37. The van der Waals surface area contributed by atoms with Crippen LogP contribution in [0.4, 0.5) is 0 Å². The summed E-state index contributed by atoms with van der Waals surface area (Å²) >= 11 is 0. The van der Waals surface area contributed by atoms with Gasteiger partial charge in [-0.1, -0.05) is 58.9 Å². The van der Waals surface area contributed by atoms with Crippen LogP contribution in [0.2, 0.25) is 0 Å². The predicted octanol–water partition coefficient (Wildman–Crippen LogP) is 5.83. The second kappa shape index (κ2) is 7.17. The topological polar surface area (TPSA) is 18.5 Å². The maximum Gasteiger partial charge on any atom is 0.0883 e. The molecule has 2 rings (SSSR count). The third kappa shape index (κ3) is 5.07. The van der Waals surface area contributed by atoms with E-state index in [0.29, 0.717) is 5.41 Å². The molecule has 24 heavy (non-hydrogen) atoms. The Labute approximate surface area is 148 Å². The van der Waals surface area contributed by atoms with Crippen molar-refractivity contribution in [2.45, 2.75) is 84.8 Å². The summed E-state index contributed by atoms with van der Waals surface area (Å²) in [5.41, 5.74) is 2.81. The smallest absolute Gasteiger partial charge is 0.0883 e. The van der Waals surface area contributed by atoms with E-state index >= 15 is 0 Å². The molecule has 0 bridgehead atoms. The minimum atomic E-state index is -0.308. The van der Waals surface area contributed by atoms with E-state index in [2.05, 4.69) is 72.7 Å². The van der Waals surface area contributed by atoms with E-state index in [4.69, 9.17) is 9.47 Å². The van der Waals surface area contributed by atoms with Crippen LogP contribution in [0.3, 0.4) is 0 Å². The van der Waals surface area contributed by atoms with Gasteiger partial charge in [0.15, 0.2) is 0 Å². The van der Waals surface area contributed by atoms with Crippen LogP contribution < -0.4 is 0 Å². The molecule has 2 nitrogen and oxygen atoms in total. The SMILES string of the molecule is CC(C)(C)CC(C)(C)c1ccccc1C(C)(C)OC1CCCOC1. The standard InChI is InChI=1S/C22H36O2/c1-20(2,3)16-21(4,5)18-12-8-9-13-19(18)22(6,7)24-17-11-10-14-23-15-17/h8-9,12-13,17H,10-11,14-16H2,1-7H3. The molecule has 1 atom stereocenters. The van der Waals surface area contributed by atoms with Gasteiger partial charge < -0.3 is 9.47 Å². The molecule has 2 heteroatoms. The fourth-order valence-corrected chi connectivity index (χ4v) is 4.30. The van der Waals surface area contributed by atoms with E-state index in [0.717, 1.165) is 32.5 Å². The number of benzene rings is 1. The fourth-order valence-electron chi connectivity index (χ4n) is 4.30. The van der Waals surface area contributed by atoms with Crippen LogP contribution >= 0.6 is 0 Å². The molecule has 0 saturated carbocycles. The normalized spacial score (nSPS) is 20.2. The Kier molecular flexibility index (Phi) is 5.82. The second-order valence-electron chi connectivity index (χ2n) is 9.63. The molecule has 0 aliphatic carbocycles. The largest absolute Gasteiger partial charge is 0.379 e. The van der Waals surface area contributed by atoms with Crippen molar-refractivity contribution in [3.8, 4) is 0 Å². The van der Waals surface area contributed by atoms with Crippen LogP contribution in [-0.4, -0.2) is 19.3 Å². The first kappa shape index (κ1) is 19.5. The summed E-state index contributed by atoms with van der Waals surface area (Å²) < 4.78 is 12.1. The maximum absolute atomic E-state index is 6.51. The van der Waals surface area contributed by atoms with Gasteiger partial charge in [0, 0.05) is 6.61 Å². The summed E-state index contributed by atoms with van der Waals surface area (Å²) in [6.07, 6.45) is 3.53. The molecule has 1 aromatic rings. The third-order valence-corrected chi connectivity index (χ3v) is 4.86. The van der Waals surface area contributed by atoms with Gasteiger partial charge in [-0.05, 0) is 55.1 Å². The molecule has 0 radical (unpaired) electrons. The Bertz CT molecular complexity index is 531. The monoisotopic (exact) mass is 332 g/mol. The third-order valence-electron chi connectivity index (χ3n) is 4.86. The zero-order valence-electron chi connectivity index (χ0n) is 16.7. The molecular formula is C22H36O2. The molecule has 1 aromatic carbocycles. The van der Waals surface area contributed by atoms with Gasteiger partial charge in [-0.25, -0.2) is 0 Å². The summed E-state index contributed by atoms with van der Waals surface area (Å²) in [5, 5.41) is 0. The summed E-state index contributed by atoms with van der Waals surface area (Å²) in [4.78, 5) is 0. The molecule has 0 N–H and O–H groups in total. The van der Waals surface area contributed by atoms with Crippen molar-refractivity contribution >= 4 is 0 Å². The molecular weight excluding hydrogens is 296 g/mol. The number of hydrogen-bond donors (Lipinski definition) is 0. The minimum absolute atomic E-state index is 0.110. The quantitative estimate of drug-likeness (QED) is 0.675. The highest BCUT2D eigenvalue weighted by atomic mass is 16.5. The summed E-state index contributed by atoms with van der Waals surface area (Å²) in [7, 11) is 0. The van der Waals surface area contributed by atoms with Crippen molar-refractivity contribution in [3.63, 3.8) is 0 Å². The Balaban J connectivity index is 2.29. The molecule has 0 amide bonds. The van der Waals surface area contributed by atoms with Crippen molar-refractivity contribution in [3.05, 3.63) is 35.4 Å². The molecule has 0 spiro atoms. The van der Waals surface area contributed by atoms with Gasteiger partial charge >= 0.3 is 0 Å². The minimum Gasteiger partial charge on any atom is -0.379 e. The molecule has 0 aromatic heterocycles. The zero-order valence-corrected chi connectivity index (χ0v) is 16.7. The van der Waals surface area contributed by atoms with E-state index < -0.39 is 0 Å². The van der Waals surface area contributed by atoms with Gasteiger partial charge in [-0.15, -0.1) is 0 Å². The van der Waals surface area contributed by atoms with Crippen molar-refractivity contribution in [2.75, 3.05) is 13.2 Å².